The lowest BCUT2D eigenvalue weighted by atomic mass is 9.99. The second-order valence-corrected chi connectivity index (χ2v) is 8.67. The van der Waals surface area contributed by atoms with Gasteiger partial charge in [0.25, 0.3) is 0 Å². The van der Waals surface area contributed by atoms with Gasteiger partial charge in [-0.25, -0.2) is 13.2 Å². The van der Waals surface area contributed by atoms with Crippen LogP contribution in [0.5, 0.6) is 5.75 Å². The van der Waals surface area contributed by atoms with Gasteiger partial charge in [0.2, 0.25) is 0 Å². The Morgan fingerprint density at radius 1 is 1.03 bits per heavy atom. The number of sulfone groups is 1. The van der Waals surface area contributed by atoms with Crippen molar-refractivity contribution in [1.29, 1.82) is 0 Å². The van der Waals surface area contributed by atoms with Gasteiger partial charge in [-0.1, -0.05) is 13.0 Å². The number of halogens is 6. The van der Waals surface area contributed by atoms with Gasteiger partial charge in [-0.05, 0) is 42.8 Å². The van der Waals surface area contributed by atoms with Gasteiger partial charge >= 0.3 is 18.3 Å². The second-order valence-electron chi connectivity index (χ2n) is 6.42. The maximum absolute atomic E-state index is 13.5. The molecule has 12 heteroatoms. The average molecular weight is 470 g/mol. The molecule has 0 saturated heterocycles. The predicted molar refractivity (Wildman–Crippen MR) is 97.3 cm³/mol. The summed E-state index contributed by atoms with van der Waals surface area (Å²) in [7, 11) is -4.29. The summed E-state index contributed by atoms with van der Waals surface area (Å²) in [6.07, 6.45) is -11.5. The summed E-state index contributed by atoms with van der Waals surface area (Å²) in [5.74, 6) is -2.49. The number of ether oxygens (including phenoxy) is 1. The molecule has 5 nitrogen and oxygen atoms in total. The second kappa shape index (κ2) is 8.40. The van der Waals surface area contributed by atoms with Crippen molar-refractivity contribution in [1.82, 2.24) is 0 Å². The van der Waals surface area contributed by atoms with Crippen LogP contribution in [0.2, 0.25) is 0 Å². The Bertz CT molecular complexity index is 1090. The van der Waals surface area contributed by atoms with E-state index in [9.17, 15) is 39.6 Å². The molecule has 0 aliphatic carbocycles. The van der Waals surface area contributed by atoms with E-state index in [4.69, 9.17) is 9.84 Å². The van der Waals surface area contributed by atoms with E-state index in [1.54, 1.807) is 0 Å². The van der Waals surface area contributed by atoms with Crippen molar-refractivity contribution < 1.29 is 49.4 Å². The standard InChI is InChI=1S/C19H16F6O5S/c1-3-31(28,29)16-7-4-11(8-14(16)19(23,24)25)13-9-12(18(20,21)22)5-6-15(13)30-10(2)17(26)27/h4-10H,3H2,1-2H3,(H,26,27). The number of hydrogen-bond donors (Lipinski definition) is 1. The highest BCUT2D eigenvalue weighted by atomic mass is 32.2. The van der Waals surface area contributed by atoms with Crippen molar-refractivity contribution in [2.24, 2.45) is 0 Å². The van der Waals surface area contributed by atoms with Crippen LogP contribution in [0.3, 0.4) is 0 Å². The Kier molecular flexibility index (Phi) is 6.64. The van der Waals surface area contributed by atoms with E-state index in [0.717, 1.165) is 26.0 Å². The monoisotopic (exact) mass is 470 g/mol. The van der Waals surface area contributed by atoms with Crippen molar-refractivity contribution >= 4 is 15.8 Å². The number of hydrogen-bond acceptors (Lipinski definition) is 4. The molecule has 0 bridgehead atoms. The SMILES string of the molecule is CCS(=O)(=O)c1ccc(-c2cc(C(F)(F)F)ccc2OC(C)C(=O)O)cc1C(F)(F)F. The van der Waals surface area contributed by atoms with E-state index in [0.29, 0.717) is 24.3 Å². The minimum atomic E-state index is -5.12. The first-order chi connectivity index (χ1) is 14.1. The van der Waals surface area contributed by atoms with E-state index in [1.165, 1.54) is 0 Å². The molecule has 0 radical (unpaired) electrons. The molecule has 2 aromatic rings. The predicted octanol–water partition coefficient (Wildman–Crippen LogP) is 5.04. The third kappa shape index (κ3) is 5.49. The number of carbonyl (C=O) groups is 1. The third-order valence-corrected chi connectivity index (χ3v) is 6.06. The van der Waals surface area contributed by atoms with Crippen molar-refractivity contribution in [2.45, 2.75) is 37.2 Å². The number of carboxylic acid groups (broad SMARTS) is 1. The fourth-order valence-electron chi connectivity index (χ4n) is 2.62. The number of carboxylic acids is 1. The third-order valence-electron chi connectivity index (χ3n) is 4.27. The topological polar surface area (TPSA) is 80.7 Å². The molecule has 1 unspecified atom stereocenters. The first kappa shape index (κ1) is 24.5. The maximum Gasteiger partial charge on any atom is 0.417 e. The van der Waals surface area contributed by atoms with Gasteiger partial charge in [0.05, 0.1) is 21.8 Å². The van der Waals surface area contributed by atoms with E-state index in [1.807, 2.05) is 0 Å². The zero-order valence-electron chi connectivity index (χ0n) is 16.0. The highest BCUT2D eigenvalue weighted by Crippen LogP contribution is 2.41. The first-order valence-electron chi connectivity index (χ1n) is 8.63. The zero-order valence-corrected chi connectivity index (χ0v) is 16.8. The summed E-state index contributed by atoms with van der Waals surface area (Å²) in [5, 5.41) is 8.97. The number of alkyl halides is 6. The van der Waals surface area contributed by atoms with Crippen LogP contribution < -0.4 is 4.74 Å². The molecule has 170 valence electrons. The highest BCUT2D eigenvalue weighted by molar-refractivity contribution is 7.91. The molecule has 0 amide bonds. The molecule has 1 atom stereocenters. The lowest BCUT2D eigenvalue weighted by molar-refractivity contribution is -0.144. The van der Waals surface area contributed by atoms with Crippen LogP contribution in [-0.4, -0.2) is 31.4 Å². The van der Waals surface area contributed by atoms with Crippen LogP contribution in [-0.2, 0) is 27.0 Å². The lowest BCUT2D eigenvalue weighted by Crippen LogP contribution is -2.23. The molecule has 2 aromatic carbocycles. The molecule has 1 N–H and O–H groups in total. The molecule has 0 aromatic heterocycles. The normalized spacial score (nSPS) is 13.7. The van der Waals surface area contributed by atoms with Gasteiger partial charge in [-0.3, -0.25) is 0 Å². The van der Waals surface area contributed by atoms with Crippen LogP contribution in [0.1, 0.15) is 25.0 Å². The van der Waals surface area contributed by atoms with Gasteiger partial charge in [0.1, 0.15) is 5.75 Å². The van der Waals surface area contributed by atoms with Crippen LogP contribution in [0.25, 0.3) is 11.1 Å². The molecule has 0 heterocycles. The van der Waals surface area contributed by atoms with Gasteiger partial charge < -0.3 is 9.84 Å². The smallest absolute Gasteiger partial charge is 0.417 e. The van der Waals surface area contributed by atoms with Crippen molar-refractivity contribution in [2.75, 3.05) is 5.75 Å². The fourth-order valence-corrected chi connectivity index (χ4v) is 3.72. The first-order valence-corrected chi connectivity index (χ1v) is 10.3. The summed E-state index contributed by atoms with van der Waals surface area (Å²) >= 11 is 0. The average Bonchev–Trinajstić information content (AvgIpc) is 2.66. The summed E-state index contributed by atoms with van der Waals surface area (Å²) in [6.45, 7) is 2.23. The van der Waals surface area contributed by atoms with Gasteiger partial charge in [-0.15, -0.1) is 0 Å². The Hall–Kier alpha value is -2.76. The Morgan fingerprint density at radius 3 is 2.13 bits per heavy atom. The van der Waals surface area contributed by atoms with Gasteiger partial charge in [0, 0.05) is 5.56 Å². The van der Waals surface area contributed by atoms with E-state index in [2.05, 4.69) is 0 Å². The van der Waals surface area contributed by atoms with Crippen molar-refractivity contribution in [3.05, 3.63) is 47.5 Å². The van der Waals surface area contributed by atoms with E-state index < -0.39 is 72.9 Å². The number of benzene rings is 2. The molecular formula is C19H16F6O5S. The molecule has 0 fully saturated rings. The minimum absolute atomic E-state index is 0.399. The van der Waals surface area contributed by atoms with E-state index in [-0.39, 0.29) is 0 Å². The van der Waals surface area contributed by atoms with E-state index >= 15 is 0 Å². The number of rotatable bonds is 6. The lowest BCUT2D eigenvalue weighted by Gasteiger charge is -2.19. The molecular weight excluding hydrogens is 454 g/mol. The molecule has 2 rings (SSSR count). The molecule has 0 spiro atoms. The number of aliphatic carboxylic acids is 1. The van der Waals surface area contributed by atoms with Gasteiger partial charge in [-0.2, -0.15) is 26.3 Å². The quantitative estimate of drug-likeness (QED) is 0.599. The van der Waals surface area contributed by atoms with Crippen LogP contribution in [0, 0.1) is 0 Å². The summed E-state index contributed by atoms with van der Waals surface area (Å²) in [4.78, 5) is 10.0. The summed E-state index contributed by atoms with van der Waals surface area (Å²) in [5.41, 5.74) is -3.67. The molecule has 0 saturated carbocycles. The molecule has 0 aliphatic heterocycles. The maximum atomic E-state index is 13.5. The Balaban J connectivity index is 2.79. The Morgan fingerprint density at radius 2 is 1.65 bits per heavy atom. The summed E-state index contributed by atoms with van der Waals surface area (Å²) < 4.78 is 109. The molecule has 31 heavy (non-hydrogen) atoms. The van der Waals surface area contributed by atoms with Crippen LogP contribution in [0.15, 0.2) is 41.3 Å². The molecule has 0 aliphatic rings. The van der Waals surface area contributed by atoms with Gasteiger partial charge in [0.15, 0.2) is 15.9 Å². The van der Waals surface area contributed by atoms with Crippen LogP contribution >= 0.6 is 0 Å². The highest BCUT2D eigenvalue weighted by Gasteiger charge is 2.38. The fraction of sp³-hybridized carbons (Fsp3) is 0.316. The largest absolute Gasteiger partial charge is 0.479 e. The summed E-state index contributed by atoms with van der Waals surface area (Å²) in [6, 6.07) is 3.85. The van der Waals surface area contributed by atoms with Crippen molar-refractivity contribution in [3.63, 3.8) is 0 Å². The minimum Gasteiger partial charge on any atom is -0.479 e. The Labute approximate surface area is 173 Å². The van der Waals surface area contributed by atoms with Crippen molar-refractivity contribution in [3.8, 4) is 16.9 Å². The zero-order chi connectivity index (χ0) is 23.8. The van der Waals surface area contributed by atoms with Crippen LogP contribution in [0.4, 0.5) is 26.3 Å².